The Labute approximate surface area is 144 Å². The number of aliphatic hydroxyl groups is 1. The van der Waals surface area contributed by atoms with Crippen molar-refractivity contribution in [3.63, 3.8) is 0 Å². The van der Waals surface area contributed by atoms with Crippen LogP contribution in [0, 0.1) is 12.8 Å². The number of benzene rings is 1. The lowest BCUT2D eigenvalue weighted by Gasteiger charge is -2.21. The minimum absolute atomic E-state index is 0.0485. The topological polar surface area (TPSA) is 79.5 Å². The van der Waals surface area contributed by atoms with Crippen LogP contribution in [0.3, 0.4) is 0 Å². The number of likely N-dealkylation sites (tertiary alicyclic amines) is 1. The molecule has 1 saturated carbocycles. The first-order valence-corrected chi connectivity index (χ1v) is 8.45. The quantitative estimate of drug-likeness (QED) is 0.922. The summed E-state index contributed by atoms with van der Waals surface area (Å²) in [7, 11) is 0. The third kappa shape index (κ3) is 2.80. The molecule has 1 aliphatic carbocycles. The van der Waals surface area contributed by atoms with Gasteiger partial charge in [-0.3, -0.25) is 4.79 Å². The highest BCUT2D eigenvalue weighted by Gasteiger charge is 2.49. The summed E-state index contributed by atoms with van der Waals surface area (Å²) >= 11 is 5.92. The number of hydrogen-bond acceptors (Lipinski definition) is 5. The molecule has 1 amide bonds. The number of carbonyl (C=O) groups is 1. The predicted molar refractivity (Wildman–Crippen MR) is 86.4 cm³/mol. The van der Waals surface area contributed by atoms with Gasteiger partial charge >= 0.3 is 0 Å². The number of amides is 1. The highest BCUT2D eigenvalue weighted by atomic mass is 35.5. The number of nitrogens with zero attached hydrogens (tertiary/aromatic N) is 3. The Bertz CT molecular complexity index is 761. The van der Waals surface area contributed by atoms with Crippen LogP contribution in [-0.4, -0.2) is 38.7 Å². The molecule has 24 heavy (non-hydrogen) atoms. The van der Waals surface area contributed by atoms with E-state index in [-0.39, 0.29) is 23.8 Å². The Morgan fingerprint density at radius 1 is 1.33 bits per heavy atom. The lowest BCUT2D eigenvalue weighted by Crippen LogP contribution is -2.33. The molecule has 4 rings (SSSR count). The second-order valence-electron chi connectivity index (χ2n) is 6.58. The van der Waals surface area contributed by atoms with Crippen molar-refractivity contribution in [1.29, 1.82) is 0 Å². The van der Waals surface area contributed by atoms with Crippen molar-refractivity contribution < 1.29 is 14.4 Å². The lowest BCUT2D eigenvalue weighted by molar-refractivity contribution is -0.134. The number of hydrogen-bond donors (Lipinski definition) is 1. The Balaban J connectivity index is 1.50. The van der Waals surface area contributed by atoms with E-state index >= 15 is 0 Å². The van der Waals surface area contributed by atoms with Gasteiger partial charge in [-0.1, -0.05) is 28.9 Å². The van der Waals surface area contributed by atoms with Gasteiger partial charge in [-0.15, -0.1) is 0 Å². The average molecular weight is 348 g/mol. The fraction of sp³-hybridized carbons (Fsp3) is 0.471. The van der Waals surface area contributed by atoms with Crippen molar-refractivity contribution in [1.82, 2.24) is 15.0 Å². The fourth-order valence-corrected chi connectivity index (χ4v) is 3.63. The minimum atomic E-state index is -0.557. The van der Waals surface area contributed by atoms with Gasteiger partial charge < -0.3 is 14.5 Å². The van der Waals surface area contributed by atoms with E-state index in [1.807, 2.05) is 24.3 Å². The van der Waals surface area contributed by atoms with Gasteiger partial charge in [-0.05, 0) is 37.0 Å². The summed E-state index contributed by atoms with van der Waals surface area (Å²) in [6.07, 6.45) is 0.702. The van der Waals surface area contributed by atoms with Gasteiger partial charge in [0.15, 0.2) is 5.82 Å². The number of halogens is 1. The molecule has 2 heterocycles. The van der Waals surface area contributed by atoms with Crippen LogP contribution < -0.4 is 0 Å². The van der Waals surface area contributed by atoms with Crippen LogP contribution in [-0.2, 0) is 4.79 Å². The van der Waals surface area contributed by atoms with Crippen LogP contribution in [0.1, 0.15) is 42.1 Å². The summed E-state index contributed by atoms with van der Waals surface area (Å²) in [5.74, 6) is 1.15. The Morgan fingerprint density at radius 3 is 2.75 bits per heavy atom. The summed E-state index contributed by atoms with van der Waals surface area (Å²) in [6, 6.07) is 7.30. The third-order valence-electron chi connectivity index (χ3n) is 4.80. The highest BCUT2D eigenvalue weighted by Crippen LogP contribution is 2.50. The third-order valence-corrected chi connectivity index (χ3v) is 5.05. The van der Waals surface area contributed by atoms with E-state index in [0.29, 0.717) is 29.7 Å². The molecular formula is C17H18ClN3O3. The molecule has 1 aromatic heterocycles. The van der Waals surface area contributed by atoms with Crippen molar-refractivity contribution in [3.8, 4) is 0 Å². The molecule has 1 N–H and O–H groups in total. The molecule has 2 fully saturated rings. The maximum atomic E-state index is 12.9. The molecule has 4 atom stereocenters. The number of aromatic nitrogens is 2. The first kappa shape index (κ1) is 15.6. The summed E-state index contributed by atoms with van der Waals surface area (Å²) in [5, 5.41) is 14.5. The Kier molecular flexibility index (Phi) is 3.81. The zero-order valence-electron chi connectivity index (χ0n) is 13.2. The molecule has 1 saturated heterocycles. The summed E-state index contributed by atoms with van der Waals surface area (Å²) in [5.41, 5.74) is 1.13. The van der Waals surface area contributed by atoms with Gasteiger partial charge in [-0.25, -0.2) is 0 Å². The molecule has 2 aliphatic rings. The number of aliphatic hydroxyl groups excluding tert-OH is 1. The van der Waals surface area contributed by atoms with E-state index in [4.69, 9.17) is 16.1 Å². The molecule has 7 heteroatoms. The maximum Gasteiger partial charge on any atom is 0.249 e. The van der Waals surface area contributed by atoms with E-state index in [9.17, 15) is 9.90 Å². The zero-order valence-corrected chi connectivity index (χ0v) is 14.0. The number of carbonyl (C=O) groups excluding carboxylic acids is 1. The van der Waals surface area contributed by atoms with E-state index < -0.39 is 6.10 Å². The largest absolute Gasteiger partial charge is 0.391 e. The smallest absolute Gasteiger partial charge is 0.249 e. The lowest BCUT2D eigenvalue weighted by atomic mass is 10.1. The summed E-state index contributed by atoms with van der Waals surface area (Å²) < 4.78 is 5.22. The van der Waals surface area contributed by atoms with Gasteiger partial charge in [0.2, 0.25) is 11.8 Å². The van der Waals surface area contributed by atoms with Crippen molar-refractivity contribution >= 4 is 17.5 Å². The van der Waals surface area contributed by atoms with Crippen molar-refractivity contribution in [2.24, 2.45) is 5.92 Å². The van der Waals surface area contributed by atoms with Crippen LogP contribution in [0.5, 0.6) is 0 Å². The summed E-state index contributed by atoms with van der Waals surface area (Å²) in [6.45, 7) is 2.05. The number of rotatable bonds is 3. The molecule has 1 aromatic carbocycles. The van der Waals surface area contributed by atoms with Gasteiger partial charge in [0.05, 0.1) is 6.10 Å². The Hall–Kier alpha value is -1.92. The van der Waals surface area contributed by atoms with E-state index in [2.05, 4.69) is 10.1 Å². The minimum Gasteiger partial charge on any atom is -0.391 e. The second kappa shape index (κ2) is 5.86. The van der Waals surface area contributed by atoms with Gasteiger partial charge in [0, 0.05) is 23.9 Å². The number of aryl methyl sites for hydroxylation is 1. The first-order valence-electron chi connectivity index (χ1n) is 8.07. The van der Waals surface area contributed by atoms with Crippen molar-refractivity contribution in [2.45, 2.75) is 37.8 Å². The van der Waals surface area contributed by atoms with Gasteiger partial charge in [-0.2, -0.15) is 4.98 Å². The second-order valence-corrected chi connectivity index (χ2v) is 7.01. The normalized spacial score (nSPS) is 29.0. The number of β-amino-alcohol motifs (C(OH)–C–C–N with tert-alkyl or cyclic N) is 1. The van der Waals surface area contributed by atoms with Crippen LogP contribution in [0.15, 0.2) is 28.8 Å². The molecule has 0 unspecified atom stereocenters. The molecular weight excluding hydrogens is 330 g/mol. The molecule has 1 aliphatic heterocycles. The molecule has 0 radical (unpaired) electrons. The van der Waals surface area contributed by atoms with Crippen LogP contribution in [0.2, 0.25) is 5.02 Å². The van der Waals surface area contributed by atoms with E-state index in [1.54, 1.807) is 11.8 Å². The van der Waals surface area contributed by atoms with Crippen LogP contribution >= 0.6 is 11.6 Å². The maximum absolute atomic E-state index is 12.9. The van der Waals surface area contributed by atoms with E-state index in [1.165, 1.54) is 0 Å². The molecule has 2 aromatic rings. The standard InChI is InChI=1S/C17H18ClN3O3/c1-9-19-16(24-20-9)15-6-12(22)8-21(15)17(23)14-7-13(14)10-2-4-11(18)5-3-10/h2-5,12-15,22H,6-8H2,1H3/t12-,13-,14+,15-/m1/s1. The first-order chi connectivity index (χ1) is 11.5. The molecule has 0 bridgehead atoms. The van der Waals surface area contributed by atoms with Crippen molar-refractivity contribution in [2.75, 3.05) is 6.54 Å². The predicted octanol–water partition coefficient (Wildman–Crippen LogP) is 2.47. The molecule has 6 nitrogen and oxygen atoms in total. The zero-order chi connectivity index (χ0) is 16.8. The molecule has 126 valence electrons. The van der Waals surface area contributed by atoms with Crippen molar-refractivity contribution in [3.05, 3.63) is 46.6 Å². The highest BCUT2D eigenvalue weighted by molar-refractivity contribution is 6.30. The van der Waals surface area contributed by atoms with Gasteiger partial charge in [0.25, 0.3) is 0 Å². The molecule has 0 spiro atoms. The van der Waals surface area contributed by atoms with Crippen LogP contribution in [0.4, 0.5) is 0 Å². The van der Waals surface area contributed by atoms with E-state index in [0.717, 1.165) is 12.0 Å². The van der Waals surface area contributed by atoms with Crippen LogP contribution in [0.25, 0.3) is 0 Å². The summed E-state index contributed by atoms with van der Waals surface area (Å²) in [4.78, 5) is 18.8. The average Bonchev–Trinajstić information content (AvgIpc) is 3.09. The monoisotopic (exact) mass is 347 g/mol. The fourth-order valence-electron chi connectivity index (χ4n) is 3.50. The SMILES string of the molecule is Cc1noc([C@H]2C[C@@H](O)CN2C(=O)[C@H]2C[C@@H]2c2ccc(Cl)cc2)n1. The van der Waals surface area contributed by atoms with Gasteiger partial charge in [0.1, 0.15) is 6.04 Å². The Morgan fingerprint density at radius 2 is 2.08 bits per heavy atom.